The second kappa shape index (κ2) is 4.80. The Morgan fingerprint density at radius 2 is 1.63 bits per heavy atom. The van der Waals surface area contributed by atoms with Gasteiger partial charge in [0.1, 0.15) is 5.75 Å². The number of benzene rings is 1. The predicted octanol–water partition coefficient (Wildman–Crippen LogP) is 2.40. The second-order valence-electron chi connectivity index (χ2n) is 5.33. The average molecular weight is 281 g/mol. The summed E-state index contributed by atoms with van der Waals surface area (Å²) in [6, 6.07) is 7.12. The largest absolute Gasteiger partial charge is 0.497 e. The Hall–Kier alpha value is -1.07. The standard InChI is InChI=1S/C14H19NO3S/c1-18-13-7-9-14(10-8-13)19(16,17)15-11-3-2-4-12(15)6-5-11/h7-12H,2-6H2,1H3. The maximum atomic E-state index is 12.7. The number of methoxy groups -OCH3 is 1. The first-order chi connectivity index (χ1) is 9.13. The molecule has 2 fully saturated rings. The number of hydrogen-bond donors (Lipinski definition) is 0. The van der Waals surface area contributed by atoms with Gasteiger partial charge in [-0.05, 0) is 49.9 Å². The minimum absolute atomic E-state index is 0.214. The van der Waals surface area contributed by atoms with Gasteiger partial charge in [-0.2, -0.15) is 4.31 Å². The van der Waals surface area contributed by atoms with Crippen molar-refractivity contribution < 1.29 is 13.2 Å². The molecular formula is C14H19NO3S. The van der Waals surface area contributed by atoms with E-state index < -0.39 is 10.0 Å². The molecule has 1 aromatic carbocycles. The summed E-state index contributed by atoms with van der Waals surface area (Å²) in [5.41, 5.74) is 0. The van der Waals surface area contributed by atoms with Gasteiger partial charge < -0.3 is 4.74 Å². The van der Waals surface area contributed by atoms with Crippen LogP contribution < -0.4 is 4.74 Å². The summed E-state index contributed by atoms with van der Waals surface area (Å²) in [7, 11) is -1.77. The van der Waals surface area contributed by atoms with Gasteiger partial charge in [0.25, 0.3) is 0 Å². The van der Waals surface area contributed by atoms with E-state index in [9.17, 15) is 8.42 Å². The molecule has 0 aliphatic carbocycles. The first-order valence-electron chi connectivity index (χ1n) is 6.80. The fourth-order valence-corrected chi connectivity index (χ4v) is 5.26. The maximum Gasteiger partial charge on any atom is 0.243 e. The number of hydrogen-bond acceptors (Lipinski definition) is 3. The zero-order valence-electron chi connectivity index (χ0n) is 11.1. The number of rotatable bonds is 3. The van der Waals surface area contributed by atoms with Crippen molar-refractivity contribution in [1.29, 1.82) is 0 Å². The molecule has 4 nitrogen and oxygen atoms in total. The molecule has 2 aliphatic rings. The monoisotopic (exact) mass is 281 g/mol. The molecule has 104 valence electrons. The van der Waals surface area contributed by atoms with E-state index in [0.29, 0.717) is 10.6 Å². The third kappa shape index (κ3) is 2.15. The maximum absolute atomic E-state index is 12.7. The van der Waals surface area contributed by atoms with Gasteiger partial charge in [0.2, 0.25) is 10.0 Å². The topological polar surface area (TPSA) is 46.6 Å². The molecular weight excluding hydrogens is 262 g/mol. The van der Waals surface area contributed by atoms with Crippen LogP contribution in [0, 0.1) is 0 Å². The summed E-state index contributed by atoms with van der Waals surface area (Å²) in [5.74, 6) is 0.681. The molecule has 5 heteroatoms. The number of sulfonamides is 1. The Morgan fingerprint density at radius 1 is 1.05 bits per heavy atom. The molecule has 3 rings (SSSR count). The SMILES string of the molecule is COc1ccc(S(=O)(=O)N2C3CCCC2CC3)cc1. The molecule has 0 spiro atoms. The Balaban J connectivity index is 1.93. The van der Waals surface area contributed by atoms with Crippen molar-refractivity contribution in [3.05, 3.63) is 24.3 Å². The van der Waals surface area contributed by atoms with Crippen LogP contribution in [0.1, 0.15) is 32.1 Å². The van der Waals surface area contributed by atoms with E-state index in [0.717, 1.165) is 32.1 Å². The molecule has 2 bridgehead atoms. The van der Waals surface area contributed by atoms with Crippen LogP contribution in [0.4, 0.5) is 0 Å². The van der Waals surface area contributed by atoms with E-state index in [1.807, 2.05) is 0 Å². The van der Waals surface area contributed by atoms with E-state index in [4.69, 9.17) is 4.74 Å². The van der Waals surface area contributed by atoms with Gasteiger partial charge in [-0.25, -0.2) is 8.42 Å². The van der Waals surface area contributed by atoms with Crippen LogP contribution in [-0.2, 0) is 10.0 Å². The predicted molar refractivity (Wildman–Crippen MR) is 72.7 cm³/mol. The minimum atomic E-state index is -3.35. The molecule has 2 heterocycles. The van der Waals surface area contributed by atoms with Gasteiger partial charge in [-0.1, -0.05) is 6.42 Å². The molecule has 2 saturated heterocycles. The van der Waals surface area contributed by atoms with Gasteiger partial charge in [-0.15, -0.1) is 0 Å². The van der Waals surface area contributed by atoms with Crippen LogP contribution in [0.3, 0.4) is 0 Å². The lowest BCUT2D eigenvalue weighted by atomic mass is 10.1. The first kappa shape index (κ1) is 12.9. The molecule has 0 aromatic heterocycles. The zero-order valence-corrected chi connectivity index (χ0v) is 11.9. The molecule has 0 amide bonds. The van der Waals surface area contributed by atoms with Gasteiger partial charge in [0, 0.05) is 12.1 Å². The summed E-state index contributed by atoms with van der Waals surface area (Å²) in [5, 5.41) is 0. The number of nitrogens with zero attached hydrogens (tertiary/aromatic N) is 1. The Kier molecular flexibility index (Phi) is 3.27. The molecule has 1 aromatic rings. The van der Waals surface area contributed by atoms with Crippen LogP contribution >= 0.6 is 0 Å². The fourth-order valence-electron chi connectivity index (χ4n) is 3.33. The molecule has 2 unspecified atom stereocenters. The lowest BCUT2D eigenvalue weighted by molar-refractivity contribution is 0.248. The second-order valence-corrected chi connectivity index (χ2v) is 7.17. The molecule has 0 radical (unpaired) electrons. The van der Waals surface area contributed by atoms with Gasteiger partial charge in [0.05, 0.1) is 12.0 Å². The van der Waals surface area contributed by atoms with E-state index in [1.54, 1.807) is 35.7 Å². The van der Waals surface area contributed by atoms with Crippen molar-refractivity contribution in [2.24, 2.45) is 0 Å². The third-order valence-electron chi connectivity index (χ3n) is 4.26. The highest BCUT2D eigenvalue weighted by atomic mass is 32.2. The number of ether oxygens (including phenoxy) is 1. The van der Waals surface area contributed by atoms with Crippen LogP contribution in [0.5, 0.6) is 5.75 Å². The van der Waals surface area contributed by atoms with E-state index in [-0.39, 0.29) is 12.1 Å². The zero-order chi connectivity index (χ0) is 13.5. The van der Waals surface area contributed by atoms with Crippen LogP contribution in [0.15, 0.2) is 29.2 Å². The van der Waals surface area contributed by atoms with Crippen molar-refractivity contribution in [1.82, 2.24) is 4.31 Å². The minimum Gasteiger partial charge on any atom is -0.497 e. The average Bonchev–Trinajstić information content (AvgIpc) is 2.70. The summed E-state index contributed by atoms with van der Waals surface area (Å²) in [6.45, 7) is 0. The fraction of sp³-hybridized carbons (Fsp3) is 0.571. The van der Waals surface area contributed by atoms with Crippen molar-refractivity contribution in [2.75, 3.05) is 7.11 Å². The summed E-state index contributed by atoms with van der Waals surface area (Å²) >= 11 is 0. The normalized spacial score (nSPS) is 27.4. The highest BCUT2D eigenvalue weighted by molar-refractivity contribution is 7.89. The van der Waals surface area contributed by atoms with Gasteiger partial charge >= 0.3 is 0 Å². The third-order valence-corrected chi connectivity index (χ3v) is 6.28. The van der Waals surface area contributed by atoms with E-state index in [2.05, 4.69) is 0 Å². The Bertz CT molecular complexity index is 537. The molecule has 0 N–H and O–H groups in total. The highest BCUT2D eigenvalue weighted by Gasteiger charge is 2.44. The van der Waals surface area contributed by atoms with Crippen LogP contribution in [0.2, 0.25) is 0 Å². The summed E-state index contributed by atoms with van der Waals surface area (Å²) in [4.78, 5) is 0.382. The molecule has 2 atom stereocenters. The van der Waals surface area contributed by atoms with Crippen LogP contribution in [0.25, 0.3) is 0 Å². The Labute approximate surface area is 114 Å². The van der Waals surface area contributed by atoms with E-state index >= 15 is 0 Å². The van der Waals surface area contributed by atoms with Gasteiger partial charge in [-0.3, -0.25) is 0 Å². The summed E-state index contributed by atoms with van der Waals surface area (Å²) in [6.07, 6.45) is 5.20. The quantitative estimate of drug-likeness (QED) is 0.854. The lowest BCUT2D eigenvalue weighted by Gasteiger charge is -2.33. The summed E-state index contributed by atoms with van der Waals surface area (Å²) < 4.78 is 32.3. The molecule has 0 saturated carbocycles. The number of fused-ring (bicyclic) bond motifs is 2. The lowest BCUT2D eigenvalue weighted by Crippen LogP contribution is -2.43. The van der Waals surface area contributed by atoms with Crippen LogP contribution in [-0.4, -0.2) is 31.9 Å². The first-order valence-corrected chi connectivity index (χ1v) is 8.24. The van der Waals surface area contributed by atoms with Crippen molar-refractivity contribution in [3.63, 3.8) is 0 Å². The molecule has 19 heavy (non-hydrogen) atoms. The number of piperidine rings is 1. The Morgan fingerprint density at radius 3 is 2.16 bits per heavy atom. The van der Waals surface area contributed by atoms with Crippen molar-refractivity contribution >= 4 is 10.0 Å². The van der Waals surface area contributed by atoms with Gasteiger partial charge in [0.15, 0.2) is 0 Å². The van der Waals surface area contributed by atoms with Crippen molar-refractivity contribution in [3.8, 4) is 5.75 Å². The van der Waals surface area contributed by atoms with E-state index in [1.165, 1.54) is 0 Å². The highest BCUT2D eigenvalue weighted by Crippen LogP contribution is 2.39. The molecule has 2 aliphatic heterocycles. The van der Waals surface area contributed by atoms with Crippen molar-refractivity contribution in [2.45, 2.75) is 49.1 Å². The smallest absolute Gasteiger partial charge is 0.243 e.